The molecule has 160 valence electrons. The summed E-state index contributed by atoms with van der Waals surface area (Å²) in [5, 5.41) is 2.75. The number of nitrogens with one attached hydrogen (secondary N) is 1. The third-order valence-corrected chi connectivity index (χ3v) is 5.26. The first-order valence-electron chi connectivity index (χ1n) is 9.58. The summed E-state index contributed by atoms with van der Waals surface area (Å²) in [6.45, 7) is 4.31. The van der Waals surface area contributed by atoms with Crippen molar-refractivity contribution in [2.75, 3.05) is 13.1 Å². The number of carbonyl (C=O) groups is 2. The monoisotopic (exact) mass is 428 g/mol. The Labute approximate surface area is 176 Å². The quantitative estimate of drug-likeness (QED) is 0.740. The van der Waals surface area contributed by atoms with Gasteiger partial charge in [-0.15, -0.1) is 6.58 Å². The van der Waals surface area contributed by atoms with Gasteiger partial charge in [-0.2, -0.15) is 13.2 Å². The van der Waals surface area contributed by atoms with E-state index in [9.17, 15) is 22.8 Å². The maximum atomic E-state index is 13.3. The lowest BCUT2D eigenvalue weighted by Gasteiger charge is -2.33. The molecule has 1 aromatic carbocycles. The maximum Gasteiger partial charge on any atom is 0.416 e. The SMILES string of the molecule is C=CCN1C(=O)N[C@H](c2ccc(C(F)(F)F)cc2)C2=C1CN(Cc1ccccn1)C2=O. The molecule has 6 nitrogen and oxygen atoms in total. The fraction of sp³-hybridized carbons (Fsp3) is 0.227. The van der Waals surface area contributed by atoms with Crippen LogP contribution >= 0.6 is 0 Å². The van der Waals surface area contributed by atoms with Gasteiger partial charge in [0.2, 0.25) is 0 Å². The molecular weight excluding hydrogens is 409 g/mol. The highest BCUT2D eigenvalue weighted by atomic mass is 19.4. The summed E-state index contributed by atoms with van der Waals surface area (Å²) in [6, 6.07) is 8.58. The largest absolute Gasteiger partial charge is 0.416 e. The molecule has 4 rings (SSSR count). The number of alkyl halides is 3. The van der Waals surface area contributed by atoms with Crippen LogP contribution in [0.3, 0.4) is 0 Å². The Bertz CT molecular complexity index is 1050. The van der Waals surface area contributed by atoms with Crippen molar-refractivity contribution in [3.8, 4) is 0 Å². The molecule has 1 atom stereocenters. The third kappa shape index (κ3) is 3.90. The Hall–Kier alpha value is -3.62. The molecule has 0 aliphatic carbocycles. The van der Waals surface area contributed by atoms with E-state index < -0.39 is 23.8 Å². The van der Waals surface area contributed by atoms with Crippen molar-refractivity contribution in [2.24, 2.45) is 0 Å². The maximum absolute atomic E-state index is 13.3. The highest BCUT2D eigenvalue weighted by molar-refractivity contribution is 6.01. The summed E-state index contributed by atoms with van der Waals surface area (Å²) < 4.78 is 38.8. The number of nitrogens with zero attached hydrogens (tertiary/aromatic N) is 3. The number of hydrogen-bond acceptors (Lipinski definition) is 3. The Morgan fingerprint density at radius 2 is 1.90 bits per heavy atom. The van der Waals surface area contributed by atoms with Gasteiger partial charge in [0.25, 0.3) is 5.91 Å². The van der Waals surface area contributed by atoms with Crippen molar-refractivity contribution in [3.63, 3.8) is 0 Å². The molecule has 0 spiro atoms. The van der Waals surface area contributed by atoms with Crippen LogP contribution in [0.2, 0.25) is 0 Å². The average molecular weight is 428 g/mol. The standard InChI is InChI=1S/C22H19F3N4O2/c1-2-11-29-17-13-28(12-16-5-3-4-10-26-16)20(30)18(17)19(27-21(29)31)14-6-8-15(9-7-14)22(23,24)25/h2-10,19H,1,11-13H2,(H,27,31)/t19-/m1/s1. The number of amides is 3. The van der Waals surface area contributed by atoms with Gasteiger partial charge in [-0.3, -0.25) is 14.7 Å². The fourth-order valence-electron chi connectivity index (χ4n) is 3.80. The zero-order valence-corrected chi connectivity index (χ0v) is 16.4. The van der Waals surface area contributed by atoms with Gasteiger partial charge < -0.3 is 10.2 Å². The number of hydrogen-bond donors (Lipinski definition) is 1. The topological polar surface area (TPSA) is 65.5 Å². The van der Waals surface area contributed by atoms with E-state index >= 15 is 0 Å². The van der Waals surface area contributed by atoms with Crippen LogP contribution in [-0.4, -0.2) is 39.8 Å². The zero-order valence-electron chi connectivity index (χ0n) is 16.4. The minimum Gasteiger partial charge on any atom is -0.327 e. The molecule has 2 aliphatic rings. The lowest BCUT2D eigenvalue weighted by atomic mass is 9.94. The molecule has 31 heavy (non-hydrogen) atoms. The minimum atomic E-state index is -4.47. The predicted molar refractivity (Wildman–Crippen MR) is 106 cm³/mol. The molecule has 0 saturated heterocycles. The van der Waals surface area contributed by atoms with E-state index in [2.05, 4.69) is 16.9 Å². The Morgan fingerprint density at radius 1 is 1.16 bits per heavy atom. The zero-order chi connectivity index (χ0) is 22.2. The molecule has 3 amide bonds. The summed E-state index contributed by atoms with van der Waals surface area (Å²) in [6.07, 6.45) is -1.29. The first-order chi connectivity index (χ1) is 14.8. The number of aromatic nitrogens is 1. The molecule has 2 aromatic rings. The van der Waals surface area contributed by atoms with E-state index in [0.717, 1.165) is 12.1 Å². The van der Waals surface area contributed by atoms with E-state index in [1.807, 2.05) is 6.07 Å². The first kappa shape index (κ1) is 20.6. The molecule has 0 saturated carbocycles. The van der Waals surface area contributed by atoms with E-state index in [-0.39, 0.29) is 25.5 Å². The van der Waals surface area contributed by atoms with Crippen LogP contribution in [0.15, 0.2) is 72.6 Å². The number of benzene rings is 1. The van der Waals surface area contributed by atoms with E-state index in [1.54, 1.807) is 29.3 Å². The number of carbonyl (C=O) groups excluding carboxylic acids is 2. The van der Waals surface area contributed by atoms with Gasteiger partial charge in [-0.05, 0) is 29.8 Å². The number of pyridine rings is 1. The summed E-state index contributed by atoms with van der Waals surface area (Å²) in [7, 11) is 0. The second-order valence-electron chi connectivity index (χ2n) is 7.24. The summed E-state index contributed by atoms with van der Waals surface area (Å²) in [5.74, 6) is -0.292. The van der Waals surface area contributed by atoms with Crippen molar-refractivity contribution >= 4 is 11.9 Å². The smallest absolute Gasteiger partial charge is 0.327 e. The first-order valence-corrected chi connectivity index (χ1v) is 9.58. The summed E-state index contributed by atoms with van der Waals surface area (Å²) >= 11 is 0. The lowest BCUT2D eigenvalue weighted by Crippen LogP contribution is -2.47. The van der Waals surface area contributed by atoms with Gasteiger partial charge in [-0.1, -0.05) is 24.3 Å². The molecule has 3 heterocycles. The van der Waals surface area contributed by atoms with Crippen molar-refractivity contribution in [2.45, 2.75) is 18.8 Å². The third-order valence-electron chi connectivity index (χ3n) is 5.26. The van der Waals surface area contributed by atoms with Gasteiger partial charge in [0.1, 0.15) is 0 Å². The predicted octanol–water partition coefficient (Wildman–Crippen LogP) is 3.65. The van der Waals surface area contributed by atoms with Crippen LogP contribution in [0.1, 0.15) is 22.9 Å². The molecule has 0 unspecified atom stereocenters. The molecule has 0 bridgehead atoms. The highest BCUT2D eigenvalue weighted by Crippen LogP contribution is 2.38. The number of rotatable bonds is 5. The van der Waals surface area contributed by atoms with Gasteiger partial charge in [0.05, 0.1) is 41.7 Å². The molecule has 2 aliphatic heterocycles. The van der Waals surface area contributed by atoms with E-state index in [0.29, 0.717) is 22.5 Å². The molecule has 1 aromatic heterocycles. The highest BCUT2D eigenvalue weighted by Gasteiger charge is 2.44. The Morgan fingerprint density at radius 3 is 2.52 bits per heavy atom. The van der Waals surface area contributed by atoms with Crippen molar-refractivity contribution in [1.29, 1.82) is 0 Å². The number of halogens is 3. The van der Waals surface area contributed by atoms with Crippen molar-refractivity contribution < 1.29 is 22.8 Å². The van der Waals surface area contributed by atoms with Crippen LogP contribution < -0.4 is 5.32 Å². The van der Waals surface area contributed by atoms with Crippen molar-refractivity contribution in [1.82, 2.24) is 20.1 Å². The van der Waals surface area contributed by atoms with Gasteiger partial charge in [0, 0.05) is 12.7 Å². The van der Waals surface area contributed by atoms with Crippen LogP contribution in [0.5, 0.6) is 0 Å². The summed E-state index contributed by atoms with van der Waals surface area (Å²) in [4.78, 5) is 33.2. The fourth-order valence-corrected chi connectivity index (χ4v) is 3.80. The summed E-state index contributed by atoms with van der Waals surface area (Å²) in [5.41, 5.74) is 1.17. The van der Waals surface area contributed by atoms with Gasteiger partial charge in [-0.25, -0.2) is 4.79 Å². The lowest BCUT2D eigenvalue weighted by molar-refractivity contribution is -0.137. The molecular formula is C22H19F3N4O2. The van der Waals surface area contributed by atoms with Crippen molar-refractivity contribution in [3.05, 3.63) is 89.4 Å². The average Bonchev–Trinajstić information content (AvgIpc) is 3.06. The van der Waals surface area contributed by atoms with Gasteiger partial charge in [0.15, 0.2) is 0 Å². The van der Waals surface area contributed by atoms with E-state index in [4.69, 9.17) is 0 Å². The molecule has 0 radical (unpaired) electrons. The van der Waals surface area contributed by atoms with Gasteiger partial charge >= 0.3 is 12.2 Å². The normalized spacial score (nSPS) is 18.9. The second kappa shape index (κ2) is 7.90. The van der Waals surface area contributed by atoms with E-state index in [1.165, 1.54) is 17.0 Å². The van der Waals surface area contributed by atoms with Crippen LogP contribution in [0, 0.1) is 0 Å². The minimum absolute atomic E-state index is 0.198. The Kier molecular flexibility index (Phi) is 5.26. The van der Waals surface area contributed by atoms with Crippen LogP contribution in [0.25, 0.3) is 0 Å². The molecule has 1 N–H and O–H groups in total. The second-order valence-corrected chi connectivity index (χ2v) is 7.24. The molecule has 9 heteroatoms. The molecule has 0 fully saturated rings. The van der Waals surface area contributed by atoms with Crippen LogP contribution in [-0.2, 0) is 17.5 Å². The Balaban J connectivity index is 1.69. The number of urea groups is 1. The van der Waals surface area contributed by atoms with Crippen LogP contribution in [0.4, 0.5) is 18.0 Å².